The van der Waals surface area contributed by atoms with Gasteiger partial charge in [-0.15, -0.1) is 0 Å². The van der Waals surface area contributed by atoms with Crippen molar-refractivity contribution in [1.29, 1.82) is 0 Å². The average Bonchev–Trinajstić information content (AvgIpc) is 2.28. The molecule has 0 aliphatic carbocycles. The lowest BCUT2D eigenvalue weighted by Crippen LogP contribution is -2.01. The van der Waals surface area contributed by atoms with Gasteiger partial charge in [0.2, 0.25) is 0 Å². The highest BCUT2D eigenvalue weighted by Crippen LogP contribution is 2.13. The van der Waals surface area contributed by atoms with Crippen LogP contribution in [0.2, 0.25) is 0 Å². The Morgan fingerprint density at radius 3 is 2.31 bits per heavy atom. The van der Waals surface area contributed by atoms with Crippen LogP contribution in [0.3, 0.4) is 0 Å². The first-order chi connectivity index (χ1) is 7.66. The maximum Gasteiger partial charge on any atom is 0.193 e. The number of ketones is 1. The summed E-state index contributed by atoms with van der Waals surface area (Å²) in [5.41, 5.74) is 1.72. The summed E-state index contributed by atoms with van der Waals surface area (Å²) < 4.78 is 13.2. The summed E-state index contributed by atoms with van der Waals surface area (Å²) in [5, 5.41) is 0. The van der Waals surface area contributed by atoms with Gasteiger partial charge >= 0.3 is 0 Å². The molecule has 2 heteroatoms. The number of benzene rings is 2. The van der Waals surface area contributed by atoms with Crippen LogP contribution in [0.4, 0.5) is 4.39 Å². The molecule has 0 aromatic heterocycles. The number of aryl methyl sites for hydroxylation is 1. The molecular weight excluding hydrogens is 203 g/mol. The molecule has 2 rings (SSSR count). The molecule has 0 N–H and O–H groups in total. The highest BCUT2D eigenvalue weighted by molar-refractivity contribution is 6.09. The predicted molar refractivity (Wildman–Crippen MR) is 61.0 cm³/mol. The van der Waals surface area contributed by atoms with Gasteiger partial charge in [-0.1, -0.05) is 30.3 Å². The highest BCUT2D eigenvalue weighted by atomic mass is 19.1. The molecule has 1 nitrogen and oxygen atoms in total. The second-order valence-electron chi connectivity index (χ2n) is 3.71. The van der Waals surface area contributed by atoms with Crippen molar-refractivity contribution in [3.63, 3.8) is 0 Å². The number of carbonyl (C=O) groups is 1. The Bertz CT molecular complexity index is 497. The minimum Gasteiger partial charge on any atom is -0.289 e. The van der Waals surface area contributed by atoms with E-state index in [1.54, 1.807) is 37.3 Å². The monoisotopic (exact) mass is 214 g/mol. The highest BCUT2D eigenvalue weighted by Gasteiger charge is 2.09. The van der Waals surface area contributed by atoms with Crippen LogP contribution in [0.5, 0.6) is 0 Å². The van der Waals surface area contributed by atoms with Gasteiger partial charge in [0.1, 0.15) is 5.82 Å². The average molecular weight is 214 g/mol. The maximum absolute atomic E-state index is 13.2. The minimum absolute atomic E-state index is 0.150. The fourth-order valence-electron chi connectivity index (χ4n) is 1.62. The second-order valence-corrected chi connectivity index (χ2v) is 3.71. The maximum atomic E-state index is 13.2. The first kappa shape index (κ1) is 10.6. The minimum atomic E-state index is -0.376. The van der Waals surface area contributed by atoms with Gasteiger partial charge in [-0.3, -0.25) is 4.79 Å². The van der Waals surface area contributed by atoms with Crippen LogP contribution in [0, 0.1) is 12.7 Å². The van der Waals surface area contributed by atoms with Gasteiger partial charge in [0.25, 0.3) is 0 Å². The van der Waals surface area contributed by atoms with Crippen molar-refractivity contribution in [1.82, 2.24) is 0 Å². The van der Waals surface area contributed by atoms with E-state index in [0.29, 0.717) is 11.1 Å². The van der Waals surface area contributed by atoms with Crippen LogP contribution < -0.4 is 0 Å². The largest absolute Gasteiger partial charge is 0.289 e. The molecule has 0 aliphatic heterocycles. The van der Waals surface area contributed by atoms with Crippen molar-refractivity contribution >= 4 is 5.78 Å². The molecule has 0 saturated carbocycles. The normalized spacial score (nSPS) is 10.1. The van der Waals surface area contributed by atoms with Crippen molar-refractivity contribution in [2.75, 3.05) is 0 Å². The van der Waals surface area contributed by atoms with Crippen molar-refractivity contribution in [3.8, 4) is 0 Å². The fraction of sp³-hybridized carbons (Fsp3) is 0.0714. The summed E-state index contributed by atoms with van der Waals surface area (Å²) in [5.74, 6) is -0.525. The van der Waals surface area contributed by atoms with E-state index in [-0.39, 0.29) is 11.6 Å². The van der Waals surface area contributed by atoms with Gasteiger partial charge in [0.15, 0.2) is 5.78 Å². The Labute approximate surface area is 93.5 Å². The molecule has 0 bridgehead atoms. The third-order valence-corrected chi connectivity index (χ3v) is 2.34. The number of rotatable bonds is 2. The molecule has 0 atom stereocenters. The third-order valence-electron chi connectivity index (χ3n) is 2.34. The zero-order chi connectivity index (χ0) is 11.5. The molecule has 0 saturated heterocycles. The number of hydrogen-bond acceptors (Lipinski definition) is 1. The fourth-order valence-corrected chi connectivity index (χ4v) is 1.62. The molecule has 2 aromatic rings. The van der Waals surface area contributed by atoms with E-state index >= 15 is 0 Å². The SMILES string of the molecule is Cc1cc(F)cc(C(=O)c2ccccc2)c1. The van der Waals surface area contributed by atoms with Gasteiger partial charge in [-0.05, 0) is 30.7 Å². The molecule has 80 valence electrons. The van der Waals surface area contributed by atoms with Gasteiger partial charge in [-0.2, -0.15) is 0 Å². The van der Waals surface area contributed by atoms with E-state index in [1.165, 1.54) is 12.1 Å². The molecule has 2 aromatic carbocycles. The number of halogens is 1. The Balaban J connectivity index is 2.42. The van der Waals surface area contributed by atoms with Crippen molar-refractivity contribution in [2.24, 2.45) is 0 Å². The van der Waals surface area contributed by atoms with Crippen molar-refractivity contribution in [3.05, 3.63) is 71.0 Å². The summed E-state index contributed by atoms with van der Waals surface area (Å²) in [6.45, 7) is 1.77. The van der Waals surface area contributed by atoms with E-state index < -0.39 is 0 Å². The number of hydrogen-bond donors (Lipinski definition) is 0. The molecule has 0 aliphatic rings. The zero-order valence-electron chi connectivity index (χ0n) is 8.91. The Morgan fingerprint density at radius 2 is 1.69 bits per heavy atom. The lowest BCUT2D eigenvalue weighted by Gasteiger charge is -2.02. The standard InChI is InChI=1S/C14H11FO/c1-10-7-12(9-13(15)8-10)14(16)11-5-3-2-4-6-11/h2-9H,1H3. The smallest absolute Gasteiger partial charge is 0.193 e. The van der Waals surface area contributed by atoms with Crippen LogP contribution in [0.25, 0.3) is 0 Å². The van der Waals surface area contributed by atoms with Crippen LogP contribution in [0.1, 0.15) is 21.5 Å². The molecular formula is C14H11FO. The quantitative estimate of drug-likeness (QED) is 0.700. The van der Waals surface area contributed by atoms with Gasteiger partial charge in [0, 0.05) is 11.1 Å². The topological polar surface area (TPSA) is 17.1 Å². The summed E-state index contributed by atoms with van der Waals surface area (Å²) >= 11 is 0. The zero-order valence-corrected chi connectivity index (χ0v) is 8.91. The van der Waals surface area contributed by atoms with Crippen LogP contribution in [-0.4, -0.2) is 5.78 Å². The Morgan fingerprint density at radius 1 is 1.00 bits per heavy atom. The third kappa shape index (κ3) is 2.16. The molecule has 0 fully saturated rings. The van der Waals surface area contributed by atoms with E-state index in [1.807, 2.05) is 6.07 Å². The lowest BCUT2D eigenvalue weighted by atomic mass is 10.0. The summed E-state index contributed by atoms with van der Waals surface area (Å²) in [6.07, 6.45) is 0. The van der Waals surface area contributed by atoms with E-state index in [9.17, 15) is 9.18 Å². The van der Waals surface area contributed by atoms with Crippen molar-refractivity contribution < 1.29 is 9.18 Å². The van der Waals surface area contributed by atoms with E-state index in [4.69, 9.17) is 0 Å². The number of carbonyl (C=O) groups excluding carboxylic acids is 1. The van der Waals surface area contributed by atoms with Gasteiger partial charge < -0.3 is 0 Å². The Hall–Kier alpha value is -1.96. The van der Waals surface area contributed by atoms with E-state index in [0.717, 1.165) is 5.56 Å². The molecule has 0 amide bonds. The summed E-state index contributed by atoms with van der Waals surface area (Å²) in [7, 11) is 0. The first-order valence-electron chi connectivity index (χ1n) is 5.04. The van der Waals surface area contributed by atoms with Gasteiger partial charge in [-0.25, -0.2) is 4.39 Å². The molecule has 0 radical (unpaired) electrons. The van der Waals surface area contributed by atoms with Crippen LogP contribution >= 0.6 is 0 Å². The molecule has 0 spiro atoms. The van der Waals surface area contributed by atoms with Crippen LogP contribution in [-0.2, 0) is 0 Å². The Kier molecular flexibility index (Phi) is 2.82. The summed E-state index contributed by atoms with van der Waals surface area (Å²) in [4.78, 5) is 12.0. The van der Waals surface area contributed by atoms with Crippen LogP contribution in [0.15, 0.2) is 48.5 Å². The lowest BCUT2D eigenvalue weighted by molar-refractivity contribution is 0.103. The van der Waals surface area contributed by atoms with Crippen molar-refractivity contribution in [2.45, 2.75) is 6.92 Å². The first-order valence-corrected chi connectivity index (χ1v) is 5.04. The predicted octanol–water partition coefficient (Wildman–Crippen LogP) is 3.37. The molecule has 0 unspecified atom stereocenters. The summed E-state index contributed by atoms with van der Waals surface area (Å²) in [6, 6.07) is 13.2. The van der Waals surface area contributed by atoms with Gasteiger partial charge in [0.05, 0.1) is 0 Å². The van der Waals surface area contributed by atoms with E-state index in [2.05, 4.69) is 0 Å². The molecule has 16 heavy (non-hydrogen) atoms. The second kappa shape index (κ2) is 4.27. The molecule has 0 heterocycles.